The third kappa shape index (κ3) is 3.58. The molecule has 2 aromatic carbocycles. The number of aromatic nitrogens is 3. The molecule has 4 heterocycles. The van der Waals surface area contributed by atoms with Crippen molar-refractivity contribution in [3.63, 3.8) is 0 Å². The molecular formula is C26H21ClN4O3. The van der Waals surface area contributed by atoms with E-state index < -0.39 is 0 Å². The van der Waals surface area contributed by atoms with Gasteiger partial charge in [0.05, 0.1) is 17.8 Å². The van der Waals surface area contributed by atoms with Crippen LogP contribution < -0.4 is 14.8 Å². The number of hydrogen-bond donors (Lipinski definition) is 2. The van der Waals surface area contributed by atoms with Gasteiger partial charge in [0, 0.05) is 34.3 Å². The minimum absolute atomic E-state index is 0.0294. The van der Waals surface area contributed by atoms with Crippen LogP contribution in [0.2, 0.25) is 5.02 Å². The van der Waals surface area contributed by atoms with Crippen LogP contribution in [0, 0.1) is 0 Å². The molecule has 2 aliphatic rings. The minimum atomic E-state index is -0.0978. The topological polar surface area (TPSA) is 89.1 Å². The molecule has 2 aliphatic heterocycles. The Morgan fingerprint density at radius 1 is 1.12 bits per heavy atom. The number of nitrogens with one attached hydrogen (secondary N) is 2. The van der Waals surface area contributed by atoms with E-state index in [0.717, 1.165) is 34.0 Å². The largest absolute Gasteiger partial charge is 0.489 e. The fraction of sp³-hybridized carbons (Fsp3) is 0.192. The molecule has 0 radical (unpaired) electrons. The van der Waals surface area contributed by atoms with Gasteiger partial charge in [-0.3, -0.25) is 4.79 Å². The molecule has 0 saturated heterocycles. The maximum atomic E-state index is 11.7. The van der Waals surface area contributed by atoms with E-state index in [1.807, 2.05) is 55.5 Å². The molecule has 2 aromatic heterocycles. The van der Waals surface area contributed by atoms with Crippen LogP contribution in [0.1, 0.15) is 36.2 Å². The Bertz CT molecular complexity index is 1420. The molecule has 8 heteroatoms. The molecule has 170 valence electrons. The van der Waals surface area contributed by atoms with Crippen LogP contribution in [0.25, 0.3) is 11.3 Å². The summed E-state index contributed by atoms with van der Waals surface area (Å²) in [5, 5.41) is 3.48. The maximum Gasteiger partial charge on any atom is 0.225 e. The fourth-order valence-electron chi connectivity index (χ4n) is 4.62. The van der Waals surface area contributed by atoms with Crippen molar-refractivity contribution in [1.82, 2.24) is 15.0 Å². The van der Waals surface area contributed by atoms with Gasteiger partial charge < -0.3 is 19.8 Å². The Labute approximate surface area is 201 Å². The van der Waals surface area contributed by atoms with Crippen molar-refractivity contribution in [1.29, 1.82) is 0 Å². The number of rotatable bonds is 4. The van der Waals surface area contributed by atoms with E-state index >= 15 is 0 Å². The van der Waals surface area contributed by atoms with Gasteiger partial charge in [0.2, 0.25) is 5.91 Å². The number of ether oxygens (including phenoxy) is 2. The Hall–Kier alpha value is -3.84. The van der Waals surface area contributed by atoms with Gasteiger partial charge in [0.15, 0.2) is 0 Å². The number of halogens is 1. The van der Waals surface area contributed by atoms with Crippen molar-refractivity contribution in [3.8, 4) is 28.5 Å². The molecular weight excluding hydrogens is 452 g/mol. The van der Waals surface area contributed by atoms with Gasteiger partial charge in [0.25, 0.3) is 0 Å². The average molecular weight is 473 g/mol. The molecule has 0 fully saturated rings. The molecule has 4 aromatic rings. The quantitative estimate of drug-likeness (QED) is 0.397. The van der Waals surface area contributed by atoms with Crippen LogP contribution in [0.3, 0.4) is 0 Å². The van der Waals surface area contributed by atoms with Crippen molar-refractivity contribution in [2.24, 2.45) is 0 Å². The number of nitrogens with zero attached hydrogens (tertiary/aromatic N) is 2. The summed E-state index contributed by atoms with van der Waals surface area (Å²) < 4.78 is 12.4. The lowest BCUT2D eigenvalue weighted by atomic mass is 9.95. The van der Waals surface area contributed by atoms with Crippen molar-refractivity contribution >= 4 is 23.3 Å². The summed E-state index contributed by atoms with van der Waals surface area (Å²) in [4.78, 5) is 24.1. The number of hydrogen-bond acceptors (Lipinski definition) is 5. The molecule has 7 nitrogen and oxygen atoms in total. The molecule has 2 N–H and O–H groups in total. The van der Waals surface area contributed by atoms with E-state index in [-0.39, 0.29) is 17.9 Å². The number of imidazole rings is 1. The first kappa shape index (κ1) is 20.7. The molecule has 1 amide bonds. The van der Waals surface area contributed by atoms with Crippen LogP contribution in [0.4, 0.5) is 5.82 Å². The van der Waals surface area contributed by atoms with Crippen LogP contribution in [0.5, 0.6) is 17.2 Å². The number of amides is 1. The Morgan fingerprint density at radius 3 is 2.88 bits per heavy atom. The highest BCUT2D eigenvalue weighted by molar-refractivity contribution is 6.33. The minimum Gasteiger partial charge on any atom is -0.489 e. The summed E-state index contributed by atoms with van der Waals surface area (Å²) in [6.45, 7) is 2.03. The third-order valence-electron chi connectivity index (χ3n) is 6.25. The van der Waals surface area contributed by atoms with E-state index in [1.165, 1.54) is 0 Å². The zero-order valence-corrected chi connectivity index (χ0v) is 19.1. The number of anilines is 1. The summed E-state index contributed by atoms with van der Waals surface area (Å²) >= 11 is 6.38. The predicted octanol–water partition coefficient (Wildman–Crippen LogP) is 5.71. The monoisotopic (exact) mass is 472 g/mol. The second-order valence-corrected chi connectivity index (χ2v) is 8.86. The second kappa shape index (κ2) is 8.18. The van der Waals surface area contributed by atoms with Crippen molar-refractivity contribution in [2.45, 2.75) is 31.8 Å². The number of pyridine rings is 1. The first-order valence-corrected chi connectivity index (χ1v) is 11.5. The first-order valence-electron chi connectivity index (χ1n) is 11.1. The van der Waals surface area contributed by atoms with Gasteiger partial charge in [-0.1, -0.05) is 29.8 Å². The Morgan fingerprint density at radius 2 is 2.00 bits per heavy atom. The highest BCUT2D eigenvalue weighted by atomic mass is 35.5. The number of H-pyrrole nitrogens is 1. The Kier molecular flexibility index (Phi) is 4.99. The summed E-state index contributed by atoms with van der Waals surface area (Å²) in [6.07, 6.45) is 4.35. The summed E-state index contributed by atoms with van der Waals surface area (Å²) in [5.74, 6) is 3.44. The smallest absolute Gasteiger partial charge is 0.225 e. The van der Waals surface area contributed by atoms with Crippen LogP contribution >= 0.6 is 11.6 Å². The number of aromatic amines is 1. The van der Waals surface area contributed by atoms with Crippen LogP contribution in [0.15, 0.2) is 60.9 Å². The summed E-state index contributed by atoms with van der Waals surface area (Å²) in [6, 6.07) is 15.3. The lowest BCUT2D eigenvalue weighted by Crippen LogP contribution is -2.20. The number of carbonyl (C=O) groups excluding carboxylic acids is 1. The lowest BCUT2D eigenvalue weighted by Gasteiger charge is -2.19. The zero-order valence-electron chi connectivity index (χ0n) is 18.3. The highest BCUT2D eigenvalue weighted by Gasteiger charge is 2.35. The molecule has 2 atom stereocenters. The van der Waals surface area contributed by atoms with Gasteiger partial charge in [-0.05, 0) is 43.7 Å². The normalized spacial score (nSPS) is 18.6. The SMILES string of the molecule is CC1Oc2ccc(Oc3ccnc4c3CCC(=O)N4)cc2C1c1ncc(-c2ccccc2Cl)[nH]1. The fourth-order valence-corrected chi connectivity index (χ4v) is 4.86. The summed E-state index contributed by atoms with van der Waals surface area (Å²) in [7, 11) is 0. The average Bonchev–Trinajstić information content (AvgIpc) is 3.42. The molecule has 0 spiro atoms. The van der Waals surface area contributed by atoms with Gasteiger partial charge in [-0.25, -0.2) is 9.97 Å². The van der Waals surface area contributed by atoms with Crippen LogP contribution in [-0.4, -0.2) is 27.0 Å². The van der Waals surface area contributed by atoms with Crippen LogP contribution in [-0.2, 0) is 11.2 Å². The van der Waals surface area contributed by atoms with Crippen molar-refractivity contribution in [3.05, 3.63) is 82.9 Å². The van der Waals surface area contributed by atoms with E-state index in [0.29, 0.717) is 35.2 Å². The lowest BCUT2D eigenvalue weighted by molar-refractivity contribution is -0.116. The third-order valence-corrected chi connectivity index (χ3v) is 6.58. The molecule has 0 aliphatic carbocycles. The van der Waals surface area contributed by atoms with E-state index in [2.05, 4.69) is 20.3 Å². The predicted molar refractivity (Wildman–Crippen MR) is 129 cm³/mol. The van der Waals surface area contributed by atoms with E-state index in [4.69, 9.17) is 21.1 Å². The van der Waals surface area contributed by atoms with Gasteiger partial charge >= 0.3 is 0 Å². The van der Waals surface area contributed by atoms with E-state index in [1.54, 1.807) is 12.4 Å². The Balaban J connectivity index is 1.32. The number of benzene rings is 2. The molecule has 34 heavy (non-hydrogen) atoms. The zero-order chi connectivity index (χ0) is 23.2. The van der Waals surface area contributed by atoms with E-state index in [9.17, 15) is 4.79 Å². The number of fused-ring (bicyclic) bond motifs is 2. The highest BCUT2D eigenvalue weighted by Crippen LogP contribution is 2.44. The first-order chi connectivity index (χ1) is 16.6. The number of carbonyl (C=O) groups is 1. The maximum absolute atomic E-state index is 11.7. The molecule has 0 bridgehead atoms. The van der Waals surface area contributed by atoms with Gasteiger partial charge in [-0.15, -0.1) is 0 Å². The second-order valence-electron chi connectivity index (χ2n) is 8.45. The molecule has 6 rings (SSSR count). The van der Waals surface area contributed by atoms with Crippen molar-refractivity contribution < 1.29 is 14.3 Å². The molecule has 0 saturated carbocycles. The summed E-state index contributed by atoms with van der Waals surface area (Å²) in [5.41, 5.74) is 3.67. The van der Waals surface area contributed by atoms with Gasteiger partial charge in [0.1, 0.15) is 35.0 Å². The van der Waals surface area contributed by atoms with Gasteiger partial charge in [-0.2, -0.15) is 0 Å². The molecule has 2 unspecified atom stereocenters. The van der Waals surface area contributed by atoms with Crippen molar-refractivity contribution in [2.75, 3.05) is 5.32 Å². The standard InChI is InChI=1S/C26H21ClN4O3/c1-14-24(26-29-13-20(30-26)16-4-2-3-5-19(16)27)18-12-15(6-8-21(18)33-14)34-22-10-11-28-25-17(22)7-9-23(32)31-25/h2-6,8,10-14,24H,7,9H2,1H3,(H,29,30)(H,28,31,32).